The van der Waals surface area contributed by atoms with Gasteiger partial charge in [0.05, 0.1) is 37.6 Å². The van der Waals surface area contributed by atoms with E-state index in [0.717, 1.165) is 0 Å². The summed E-state index contributed by atoms with van der Waals surface area (Å²) in [7, 11) is 2.77. The lowest BCUT2D eigenvalue weighted by molar-refractivity contribution is -0.352. The first-order valence-corrected chi connectivity index (χ1v) is 9.40. The molecule has 2 saturated heterocycles. The largest absolute Gasteiger partial charge is 0.471 e. The van der Waals surface area contributed by atoms with Gasteiger partial charge in [0.25, 0.3) is 0 Å². The second-order valence-corrected chi connectivity index (χ2v) is 7.33. The van der Waals surface area contributed by atoms with Gasteiger partial charge in [0.1, 0.15) is 24.4 Å². The Balaban J connectivity index is 1.82. The van der Waals surface area contributed by atoms with Crippen molar-refractivity contribution in [3.8, 4) is 0 Å². The van der Waals surface area contributed by atoms with Crippen LogP contribution in [0.4, 0.5) is 0 Å². The molecule has 166 valence electrons. The quantitative estimate of drug-likeness (QED) is 0.374. The van der Waals surface area contributed by atoms with Crippen LogP contribution in [0.25, 0.3) is 0 Å². The molecule has 0 bridgehead atoms. The SMILES string of the molecule is COC(=O)C1=CO[C@H](O[C@@H]2O[C@H](CO)[C@@H](O)[C@H](O)[C@H]2O)[C@H]2[C@H](C)O[C@H](OC)C[C@H]12. The van der Waals surface area contributed by atoms with E-state index in [2.05, 4.69) is 0 Å². The van der Waals surface area contributed by atoms with Crippen molar-refractivity contribution in [2.45, 2.75) is 62.7 Å². The molecule has 3 heterocycles. The first-order valence-electron chi connectivity index (χ1n) is 9.40. The summed E-state index contributed by atoms with van der Waals surface area (Å²) in [6.07, 6.45) is -7.54. The van der Waals surface area contributed by atoms with Crippen LogP contribution in [0.1, 0.15) is 13.3 Å². The molecular weight excluding hydrogens is 392 g/mol. The molecular formula is C18H28O11. The van der Waals surface area contributed by atoms with Gasteiger partial charge in [-0.3, -0.25) is 0 Å². The van der Waals surface area contributed by atoms with E-state index in [9.17, 15) is 25.2 Å². The molecule has 0 radical (unpaired) electrons. The molecule has 3 aliphatic heterocycles. The predicted molar refractivity (Wildman–Crippen MR) is 92.8 cm³/mol. The topological polar surface area (TPSA) is 153 Å². The zero-order valence-corrected chi connectivity index (χ0v) is 16.4. The maximum Gasteiger partial charge on any atom is 0.337 e. The summed E-state index contributed by atoms with van der Waals surface area (Å²) in [6, 6.07) is 0. The van der Waals surface area contributed by atoms with Crippen molar-refractivity contribution < 1.29 is 53.6 Å². The van der Waals surface area contributed by atoms with E-state index in [-0.39, 0.29) is 5.92 Å². The smallest absolute Gasteiger partial charge is 0.337 e. The van der Waals surface area contributed by atoms with Crippen molar-refractivity contribution >= 4 is 5.97 Å². The van der Waals surface area contributed by atoms with Crippen LogP contribution in [0.15, 0.2) is 11.8 Å². The van der Waals surface area contributed by atoms with Gasteiger partial charge in [0, 0.05) is 19.4 Å². The van der Waals surface area contributed by atoms with Crippen LogP contribution in [-0.2, 0) is 33.2 Å². The van der Waals surface area contributed by atoms with E-state index in [1.807, 2.05) is 0 Å². The molecule has 11 heteroatoms. The van der Waals surface area contributed by atoms with Gasteiger partial charge in [0.15, 0.2) is 12.6 Å². The van der Waals surface area contributed by atoms with Crippen LogP contribution in [0.5, 0.6) is 0 Å². The average molecular weight is 420 g/mol. The molecule has 0 saturated carbocycles. The van der Waals surface area contributed by atoms with Crippen molar-refractivity contribution in [2.24, 2.45) is 11.8 Å². The maximum atomic E-state index is 12.2. The van der Waals surface area contributed by atoms with Crippen LogP contribution in [0.2, 0.25) is 0 Å². The Morgan fingerprint density at radius 1 is 1.14 bits per heavy atom. The van der Waals surface area contributed by atoms with E-state index in [0.29, 0.717) is 12.0 Å². The minimum absolute atomic E-state index is 0.309. The fraction of sp³-hybridized carbons (Fsp3) is 0.833. The van der Waals surface area contributed by atoms with Gasteiger partial charge in [-0.2, -0.15) is 0 Å². The van der Waals surface area contributed by atoms with Gasteiger partial charge in [-0.1, -0.05) is 0 Å². The van der Waals surface area contributed by atoms with Gasteiger partial charge >= 0.3 is 5.97 Å². The van der Waals surface area contributed by atoms with E-state index in [4.69, 9.17) is 28.4 Å². The molecule has 4 N–H and O–H groups in total. The fourth-order valence-corrected chi connectivity index (χ4v) is 4.04. The summed E-state index contributed by atoms with van der Waals surface area (Å²) in [4.78, 5) is 12.2. The summed E-state index contributed by atoms with van der Waals surface area (Å²) < 4.78 is 32.7. The minimum atomic E-state index is -1.58. The van der Waals surface area contributed by atoms with Gasteiger partial charge in [0.2, 0.25) is 6.29 Å². The Morgan fingerprint density at radius 2 is 1.86 bits per heavy atom. The normalized spacial score (nSPS) is 45.0. The number of methoxy groups -OCH3 is 2. The van der Waals surface area contributed by atoms with Gasteiger partial charge in [-0.05, 0) is 6.92 Å². The van der Waals surface area contributed by atoms with Gasteiger partial charge in [-0.15, -0.1) is 0 Å². The summed E-state index contributed by atoms with van der Waals surface area (Å²) in [5.74, 6) is -1.40. The summed E-state index contributed by atoms with van der Waals surface area (Å²) >= 11 is 0. The van der Waals surface area contributed by atoms with Crippen molar-refractivity contribution in [1.82, 2.24) is 0 Å². The number of hydrogen-bond donors (Lipinski definition) is 4. The average Bonchev–Trinajstić information content (AvgIpc) is 2.73. The Hall–Kier alpha value is -1.31. The fourth-order valence-electron chi connectivity index (χ4n) is 4.04. The van der Waals surface area contributed by atoms with E-state index >= 15 is 0 Å². The zero-order valence-electron chi connectivity index (χ0n) is 16.4. The lowest BCUT2D eigenvalue weighted by Crippen LogP contribution is -2.61. The number of carbonyl (C=O) groups is 1. The standard InChI is InChI=1S/C18H28O11/c1-7-12-8(4-11(24-2)27-7)9(16(23)25-3)6-26-17(12)29-18-15(22)14(21)13(20)10(5-19)28-18/h6-8,10-15,17-22H,4-5H2,1-3H3/t7-,8+,10+,11-,12-,13+,14-,15+,17+,18-/m0/s1. The lowest BCUT2D eigenvalue weighted by Gasteiger charge is -2.47. The Kier molecular flexibility index (Phi) is 7.12. The molecule has 10 atom stereocenters. The van der Waals surface area contributed by atoms with Crippen LogP contribution >= 0.6 is 0 Å². The molecule has 3 rings (SSSR count). The summed E-state index contributed by atoms with van der Waals surface area (Å²) in [5, 5.41) is 39.5. The molecule has 2 fully saturated rings. The Morgan fingerprint density at radius 3 is 2.48 bits per heavy atom. The van der Waals surface area contributed by atoms with Gasteiger partial charge in [-0.25, -0.2) is 4.79 Å². The molecule has 11 nitrogen and oxygen atoms in total. The first-order chi connectivity index (χ1) is 13.8. The third-order valence-corrected chi connectivity index (χ3v) is 5.66. The molecule has 0 unspecified atom stereocenters. The molecule has 3 aliphatic rings. The highest BCUT2D eigenvalue weighted by Crippen LogP contribution is 2.43. The summed E-state index contributed by atoms with van der Waals surface area (Å²) in [6.45, 7) is 1.19. The highest BCUT2D eigenvalue weighted by Gasteiger charge is 2.51. The van der Waals surface area contributed by atoms with Crippen LogP contribution in [0, 0.1) is 11.8 Å². The van der Waals surface area contributed by atoms with Crippen LogP contribution < -0.4 is 0 Å². The maximum absolute atomic E-state index is 12.2. The third kappa shape index (κ3) is 4.28. The van der Waals surface area contributed by atoms with Crippen LogP contribution in [0.3, 0.4) is 0 Å². The molecule has 0 aromatic heterocycles. The van der Waals surface area contributed by atoms with E-state index in [1.165, 1.54) is 20.5 Å². The zero-order chi connectivity index (χ0) is 21.3. The van der Waals surface area contributed by atoms with E-state index in [1.54, 1.807) is 6.92 Å². The monoisotopic (exact) mass is 420 g/mol. The first kappa shape index (κ1) is 22.4. The molecule has 0 aromatic rings. The number of fused-ring (bicyclic) bond motifs is 1. The molecule has 29 heavy (non-hydrogen) atoms. The number of carbonyl (C=O) groups excluding carboxylic acids is 1. The lowest BCUT2D eigenvalue weighted by atomic mass is 9.77. The predicted octanol–water partition coefficient (Wildman–Crippen LogP) is -1.77. The van der Waals surface area contributed by atoms with Crippen molar-refractivity contribution in [2.75, 3.05) is 20.8 Å². The number of ether oxygens (including phenoxy) is 6. The molecule has 0 spiro atoms. The second-order valence-electron chi connectivity index (χ2n) is 7.33. The highest BCUT2D eigenvalue weighted by atomic mass is 16.8. The summed E-state index contributed by atoms with van der Waals surface area (Å²) in [5.41, 5.74) is 0.309. The van der Waals surface area contributed by atoms with Gasteiger partial charge < -0.3 is 48.8 Å². The van der Waals surface area contributed by atoms with E-state index < -0.39 is 67.9 Å². The number of aliphatic hydroxyl groups excluding tert-OH is 4. The third-order valence-electron chi connectivity index (χ3n) is 5.66. The molecule has 0 aromatic carbocycles. The number of rotatable bonds is 5. The van der Waals surface area contributed by atoms with Crippen molar-refractivity contribution in [3.05, 3.63) is 11.8 Å². The second kappa shape index (κ2) is 9.23. The molecule has 0 amide bonds. The number of esters is 1. The Labute approximate surface area is 167 Å². The minimum Gasteiger partial charge on any atom is -0.471 e. The van der Waals surface area contributed by atoms with Crippen molar-refractivity contribution in [3.63, 3.8) is 0 Å². The molecule has 0 aliphatic carbocycles. The number of hydrogen-bond acceptors (Lipinski definition) is 11. The van der Waals surface area contributed by atoms with Crippen LogP contribution in [-0.4, -0.2) is 96.6 Å². The number of aliphatic hydroxyl groups is 4. The van der Waals surface area contributed by atoms with Crippen molar-refractivity contribution in [1.29, 1.82) is 0 Å². The highest BCUT2D eigenvalue weighted by molar-refractivity contribution is 5.88. The Bertz CT molecular complexity index is 609.